The number of benzene rings is 3. The van der Waals surface area contributed by atoms with Crippen LogP contribution in [-0.2, 0) is 27.3 Å². The number of fused-ring (bicyclic) bond motifs is 4. The van der Waals surface area contributed by atoms with E-state index in [2.05, 4.69) is 4.98 Å². The Bertz CT molecular complexity index is 1530. The molecule has 0 saturated carbocycles. The largest absolute Gasteiger partial charge is 0.465 e. The molecule has 3 aromatic carbocycles. The van der Waals surface area contributed by atoms with Gasteiger partial charge in [0, 0.05) is 29.6 Å². The molecular formula is C29H24FN3O4. The molecule has 2 aliphatic rings. The van der Waals surface area contributed by atoms with E-state index in [1.165, 1.54) is 19.2 Å². The van der Waals surface area contributed by atoms with Gasteiger partial charge in [-0.15, -0.1) is 0 Å². The summed E-state index contributed by atoms with van der Waals surface area (Å²) in [5, 5.41) is 1.02. The average molecular weight is 498 g/mol. The van der Waals surface area contributed by atoms with Crippen molar-refractivity contribution in [2.24, 2.45) is 0 Å². The Labute approximate surface area is 212 Å². The number of aromatic nitrogens is 1. The Kier molecular flexibility index (Phi) is 5.52. The lowest BCUT2D eigenvalue weighted by molar-refractivity contribution is -0.159. The molecule has 0 aliphatic carbocycles. The Morgan fingerprint density at radius 3 is 2.49 bits per heavy atom. The average Bonchev–Trinajstić information content (AvgIpc) is 3.29. The van der Waals surface area contributed by atoms with E-state index in [1.807, 2.05) is 24.3 Å². The summed E-state index contributed by atoms with van der Waals surface area (Å²) in [5.74, 6) is -1.11. The molecule has 6 rings (SSSR count). The standard InChI is InChI=1S/C29H24FN3O4/c1-37-29(36)19-10-8-18(9-11-19)27-26-22(21-4-2-3-5-23(21)31-26)14-24-28(35)32(16-25(34)33(24)27)15-17-6-12-20(30)13-7-17/h2-13,24,27,31H,14-16H2,1H3/t24-,27?/m0/s1. The van der Waals surface area contributed by atoms with Gasteiger partial charge in [-0.05, 0) is 47.0 Å². The van der Waals surface area contributed by atoms with Crippen LogP contribution >= 0.6 is 0 Å². The topological polar surface area (TPSA) is 82.7 Å². The molecule has 1 aromatic heterocycles. The number of methoxy groups -OCH3 is 1. The van der Waals surface area contributed by atoms with Gasteiger partial charge in [-0.3, -0.25) is 9.59 Å². The minimum Gasteiger partial charge on any atom is -0.465 e. The first kappa shape index (κ1) is 23.0. The van der Waals surface area contributed by atoms with E-state index in [0.29, 0.717) is 12.0 Å². The number of halogens is 1. The number of hydrogen-bond acceptors (Lipinski definition) is 4. The molecule has 0 spiro atoms. The quantitative estimate of drug-likeness (QED) is 0.433. The van der Waals surface area contributed by atoms with Gasteiger partial charge in [0.2, 0.25) is 11.8 Å². The number of ether oxygens (including phenoxy) is 1. The molecule has 2 amide bonds. The molecule has 2 atom stereocenters. The zero-order valence-corrected chi connectivity index (χ0v) is 20.1. The summed E-state index contributed by atoms with van der Waals surface area (Å²) < 4.78 is 18.2. The zero-order valence-electron chi connectivity index (χ0n) is 20.1. The lowest BCUT2D eigenvalue weighted by Gasteiger charge is -2.47. The highest BCUT2D eigenvalue weighted by Gasteiger charge is 2.48. The fourth-order valence-corrected chi connectivity index (χ4v) is 5.53. The predicted molar refractivity (Wildman–Crippen MR) is 134 cm³/mol. The van der Waals surface area contributed by atoms with Crippen molar-refractivity contribution >= 4 is 28.7 Å². The molecule has 4 aromatic rings. The van der Waals surface area contributed by atoms with Gasteiger partial charge in [0.15, 0.2) is 0 Å². The van der Waals surface area contributed by atoms with Gasteiger partial charge in [0.1, 0.15) is 18.4 Å². The highest BCUT2D eigenvalue weighted by molar-refractivity contribution is 5.97. The molecule has 1 saturated heterocycles. The van der Waals surface area contributed by atoms with Crippen molar-refractivity contribution in [3.8, 4) is 0 Å². The van der Waals surface area contributed by atoms with Crippen molar-refractivity contribution in [3.63, 3.8) is 0 Å². The number of H-pyrrole nitrogens is 1. The second kappa shape index (κ2) is 8.89. The zero-order chi connectivity index (χ0) is 25.7. The summed E-state index contributed by atoms with van der Waals surface area (Å²) in [6.45, 7) is 0.160. The first-order valence-corrected chi connectivity index (χ1v) is 12.1. The molecule has 186 valence electrons. The van der Waals surface area contributed by atoms with E-state index < -0.39 is 18.1 Å². The van der Waals surface area contributed by atoms with Crippen LogP contribution in [0.25, 0.3) is 10.9 Å². The van der Waals surface area contributed by atoms with E-state index in [9.17, 15) is 18.8 Å². The summed E-state index contributed by atoms with van der Waals surface area (Å²) in [6.07, 6.45) is 0.389. The number of hydrogen-bond donors (Lipinski definition) is 1. The third kappa shape index (κ3) is 3.85. The minimum absolute atomic E-state index is 0.0704. The van der Waals surface area contributed by atoms with Crippen LogP contribution in [0.3, 0.4) is 0 Å². The summed E-state index contributed by atoms with van der Waals surface area (Å²) in [7, 11) is 1.33. The van der Waals surface area contributed by atoms with Crippen LogP contribution in [0.4, 0.5) is 4.39 Å². The van der Waals surface area contributed by atoms with Crippen LogP contribution in [0.5, 0.6) is 0 Å². The molecule has 1 unspecified atom stereocenters. The van der Waals surface area contributed by atoms with Crippen LogP contribution in [-0.4, -0.2) is 52.3 Å². The second-order valence-corrected chi connectivity index (χ2v) is 9.42. The molecule has 1 fully saturated rings. The number of amides is 2. The first-order chi connectivity index (χ1) is 17.9. The summed E-state index contributed by atoms with van der Waals surface area (Å²) in [6, 6.07) is 19.6. The summed E-state index contributed by atoms with van der Waals surface area (Å²) >= 11 is 0. The van der Waals surface area contributed by atoms with Gasteiger partial charge < -0.3 is 19.5 Å². The van der Waals surface area contributed by atoms with Crippen molar-refractivity contribution in [1.82, 2.24) is 14.8 Å². The maximum absolute atomic E-state index is 13.8. The number of aromatic amines is 1. The van der Waals surface area contributed by atoms with Crippen LogP contribution in [0.15, 0.2) is 72.8 Å². The van der Waals surface area contributed by atoms with Gasteiger partial charge in [-0.2, -0.15) is 0 Å². The van der Waals surface area contributed by atoms with Gasteiger partial charge >= 0.3 is 5.97 Å². The predicted octanol–water partition coefficient (Wildman–Crippen LogP) is 3.98. The Balaban J connectivity index is 1.42. The molecule has 1 N–H and O–H groups in total. The third-order valence-corrected chi connectivity index (χ3v) is 7.28. The van der Waals surface area contributed by atoms with Gasteiger partial charge in [-0.1, -0.05) is 42.5 Å². The van der Waals surface area contributed by atoms with Crippen molar-refractivity contribution < 1.29 is 23.5 Å². The fraction of sp³-hybridized carbons (Fsp3) is 0.207. The Morgan fingerprint density at radius 2 is 1.76 bits per heavy atom. The van der Waals surface area contributed by atoms with Crippen molar-refractivity contribution in [3.05, 3.63) is 107 Å². The summed E-state index contributed by atoms with van der Waals surface area (Å²) in [4.78, 5) is 46.1. The number of rotatable bonds is 4. The number of nitrogens with one attached hydrogen (secondary N) is 1. The van der Waals surface area contributed by atoms with Crippen LogP contribution < -0.4 is 0 Å². The molecule has 0 bridgehead atoms. The molecule has 7 nitrogen and oxygen atoms in total. The first-order valence-electron chi connectivity index (χ1n) is 12.1. The number of nitrogens with zero attached hydrogens (tertiary/aromatic N) is 2. The van der Waals surface area contributed by atoms with Crippen LogP contribution in [0.1, 0.15) is 38.8 Å². The highest BCUT2D eigenvalue weighted by atomic mass is 19.1. The van der Waals surface area contributed by atoms with E-state index in [1.54, 1.807) is 46.2 Å². The van der Waals surface area contributed by atoms with Gasteiger partial charge in [-0.25, -0.2) is 9.18 Å². The SMILES string of the molecule is COC(=O)c1ccc(C2c3[nH]c4ccccc4c3C[C@H]3C(=O)N(Cc4ccc(F)cc4)CC(=O)N23)cc1. The number of carbonyl (C=O) groups excluding carboxylic acids is 3. The third-order valence-electron chi connectivity index (χ3n) is 7.28. The normalized spacial score (nSPS) is 19.1. The molecule has 0 radical (unpaired) electrons. The molecule has 8 heteroatoms. The van der Waals surface area contributed by atoms with Crippen molar-refractivity contribution in [2.45, 2.75) is 25.0 Å². The van der Waals surface area contributed by atoms with E-state index >= 15 is 0 Å². The number of para-hydroxylation sites is 1. The van der Waals surface area contributed by atoms with Gasteiger partial charge in [0.25, 0.3) is 0 Å². The molecular weight excluding hydrogens is 473 g/mol. The molecule has 2 aliphatic heterocycles. The van der Waals surface area contributed by atoms with Gasteiger partial charge in [0.05, 0.1) is 18.7 Å². The van der Waals surface area contributed by atoms with Crippen LogP contribution in [0.2, 0.25) is 0 Å². The number of piperazine rings is 1. The molecule has 3 heterocycles. The lowest BCUT2D eigenvalue weighted by atomic mass is 9.86. The van der Waals surface area contributed by atoms with E-state index in [0.717, 1.165) is 33.3 Å². The van der Waals surface area contributed by atoms with Crippen molar-refractivity contribution in [1.29, 1.82) is 0 Å². The smallest absolute Gasteiger partial charge is 0.337 e. The number of carbonyl (C=O) groups is 3. The Hall–Kier alpha value is -4.46. The monoisotopic (exact) mass is 497 g/mol. The Morgan fingerprint density at radius 1 is 1.03 bits per heavy atom. The minimum atomic E-state index is -0.682. The fourth-order valence-electron chi connectivity index (χ4n) is 5.53. The number of esters is 1. The second-order valence-electron chi connectivity index (χ2n) is 9.42. The van der Waals surface area contributed by atoms with E-state index in [4.69, 9.17) is 4.74 Å². The maximum Gasteiger partial charge on any atom is 0.337 e. The van der Waals surface area contributed by atoms with E-state index in [-0.39, 0.29) is 30.7 Å². The van der Waals surface area contributed by atoms with Crippen LogP contribution in [0, 0.1) is 5.82 Å². The van der Waals surface area contributed by atoms with Crippen molar-refractivity contribution in [2.75, 3.05) is 13.7 Å². The highest BCUT2D eigenvalue weighted by Crippen LogP contribution is 2.42. The molecule has 37 heavy (non-hydrogen) atoms. The lowest BCUT2D eigenvalue weighted by Crippen LogP contribution is -2.62. The maximum atomic E-state index is 13.8. The summed E-state index contributed by atoms with van der Waals surface area (Å²) in [5.41, 5.74) is 4.77.